The second kappa shape index (κ2) is 12.3. The third-order valence-electron chi connectivity index (χ3n) is 6.62. The van der Waals surface area contributed by atoms with Gasteiger partial charge in [0.2, 0.25) is 0 Å². The Morgan fingerprint density at radius 2 is 1.74 bits per heavy atom. The lowest BCUT2D eigenvalue weighted by molar-refractivity contribution is -0.152. The maximum Gasteiger partial charge on any atom is 0.416 e. The molecule has 1 heterocycles. The summed E-state index contributed by atoms with van der Waals surface area (Å²) >= 11 is 6.53. The van der Waals surface area contributed by atoms with Crippen LogP contribution in [-0.4, -0.2) is 26.5 Å². The molecule has 10 heteroatoms. The molecule has 0 saturated heterocycles. The van der Waals surface area contributed by atoms with E-state index in [9.17, 15) is 23.1 Å². The van der Waals surface area contributed by atoms with Gasteiger partial charge in [0.25, 0.3) is 0 Å². The fourth-order valence-corrected chi connectivity index (χ4v) is 4.61. The number of nitrogens with one attached hydrogen (secondary N) is 1. The Labute approximate surface area is 247 Å². The number of rotatable bonds is 11. The van der Waals surface area contributed by atoms with E-state index in [1.165, 1.54) is 26.0 Å². The van der Waals surface area contributed by atoms with E-state index in [2.05, 4.69) is 11.9 Å². The first-order chi connectivity index (χ1) is 19.7. The van der Waals surface area contributed by atoms with Crippen LogP contribution in [0.4, 0.5) is 13.2 Å². The zero-order chi connectivity index (χ0) is 30.7. The Hall–Kier alpha value is -4.24. The highest BCUT2D eigenvalue weighted by Crippen LogP contribution is 2.34. The summed E-state index contributed by atoms with van der Waals surface area (Å²) in [5.74, 6) is -0.888. The second-order valence-corrected chi connectivity index (χ2v) is 10.9. The van der Waals surface area contributed by atoms with Crippen molar-refractivity contribution in [1.82, 2.24) is 15.1 Å². The maximum absolute atomic E-state index is 13.1. The summed E-state index contributed by atoms with van der Waals surface area (Å²) in [6.45, 7) is 9.15. The molecule has 0 saturated carbocycles. The van der Waals surface area contributed by atoms with E-state index in [1.54, 1.807) is 18.2 Å². The first-order valence-corrected chi connectivity index (χ1v) is 13.5. The molecular formula is C32H31ClF3N3O3. The highest BCUT2D eigenvalue weighted by molar-refractivity contribution is 6.32. The Balaban J connectivity index is 1.70. The van der Waals surface area contributed by atoms with Crippen molar-refractivity contribution >= 4 is 17.6 Å². The third kappa shape index (κ3) is 7.53. The van der Waals surface area contributed by atoms with Crippen molar-refractivity contribution in [2.24, 2.45) is 0 Å². The van der Waals surface area contributed by atoms with Crippen LogP contribution in [0.2, 0.25) is 5.02 Å². The van der Waals surface area contributed by atoms with Crippen LogP contribution in [-0.2, 0) is 23.9 Å². The number of nitrogens with zero attached hydrogens (tertiary/aromatic N) is 2. The molecule has 220 valence electrons. The van der Waals surface area contributed by atoms with Crippen LogP contribution in [0.3, 0.4) is 0 Å². The fraction of sp³-hybridized carbons (Fsp3) is 0.250. The number of carbonyl (C=O) groups is 1. The molecule has 4 aromatic rings. The van der Waals surface area contributed by atoms with E-state index in [-0.39, 0.29) is 16.8 Å². The Bertz CT molecular complexity index is 1570. The Kier molecular flexibility index (Phi) is 9.01. The summed E-state index contributed by atoms with van der Waals surface area (Å²) in [7, 11) is 0. The number of benzene rings is 3. The molecule has 1 aromatic heterocycles. The molecule has 0 aliphatic rings. The molecule has 0 bridgehead atoms. The van der Waals surface area contributed by atoms with E-state index < -0.39 is 23.3 Å². The van der Waals surface area contributed by atoms with Gasteiger partial charge in [0, 0.05) is 23.4 Å². The normalized spacial score (nSPS) is 12.5. The molecule has 0 spiro atoms. The smallest absolute Gasteiger partial charge is 0.416 e. The van der Waals surface area contributed by atoms with E-state index in [0.717, 1.165) is 29.0 Å². The van der Waals surface area contributed by atoms with Crippen molar-refractivity contribution in [2.75, 3.05) is 0 Å². The molecule has 2 N–H and O–H groups in total. The van der Waals surface area contributed by atoms with Gasteiger partial charge < -0.3 is 15.2 Å². The van der Waals surface area contributed by atoms with Crippen LogP contribution in [0.5, 0.6) is 5.75 Å². The summed E-state index contributed by atoms with van der Waals surface area (Å²) in [4.78, 5) is 11.5. The van der Waals surface area contributed by atoms with E-state index in [0.29, 0.717) is 29.9 Å². The lowest BCUT2D eigenvalue weighted by atomic mass is 10.00. The van der Waals surface area contributed by atoms with Crippen molar-refractivity contribution in [3.05, 3.63) is 119 Å². The van der Waals surface area contributed by atoms with Gasteiger partial charge in [-0.15, -0.1) is 0 Å². The average Bonchev–Trinajstić information content (AvgIpc) is 3.31. The van der Waals surface area contributed by atoms with Crippen LogP contribution in [0, 0.1) is 0 Å². The largest absolute Gasteiger partial charge is 0.478 e. The number of hydrogen-bond acceptors (Lipinski definition) is 4. The van der Waals surface area contributed by atoms with Gasteiger partial charge in [-0.25, -0.2) is 4.79 Å². The SMILES string of the molecule is C=C(C)NC(Cc1cc(-c2ccc(C(F)(F)F)cc2)nn1Cc1ccccc1)c1ccc(OC(C)(C)C(=O)O)c(Cl)c1. The molecule has 1 unspecified atom stereocenters. The van der Waals surface area contributed by atoms with Crippen molar-refractivity contribution < 1.29 is 27.8 Å². The minimum absolute atomic E-state index is 0.237. The Morgan fingerprint density at radius 3 is 2.31 bits per heavy atom. The molecule has 0 radical (unpaired) electrons. The van der Waals surface area contributed by atoms with E-state index >= 15 is 0 Å². The molecule has 0 amide bonds. The van der Waals surface area contributed by atoms with Gasteiger partial charge in [0.05, 0.1) is 28.9 Å². The molecule has 0 fully saturated rings. The van der Waals surface area contributed by atoms with Crippen molar-refractivity contribution in [1.29, 1.82) is 0 Å². The number of ether oxygens (including phenoxy) is 1. The second-order valence-electron chi connectivity index (χ2n) is 10.5. The van der Waals surface area contributed by atoms with Gasteiger partial charge in [0.1, 0.15) is 5.75 Å². The molecule has 1 atom stereocenters. The van der Waals surface area contributed by atoms with Crippen molar-refractivity contribution in [2.45, 2.75) is 51.6 Å². The minimum Gasteiger partial charge on any atom is -0.478 e. The zero-order valence-corrected chi connectivity index (χ0v) is 24.1. The first-order valence-electron chi connectivity index (χ1n) is 13.1. The van der Waals surface area contributed by atoms with Crippen LogP contribution < -0.4 is 10.1 Å². The third-order valence-corrected chi connectivity index (χ3v) is 6.91. The number of hydrogen-bond donors (Lipinski definition) is 2. The van der Waals surface area contributed by atoms with Crippen LogP contribution in [0.25, 0.3) is 11.3 Å². The molecule has 6 nitrogen and oxygen atoms in total. The number of allylic oxidation sites excluding steroid dienone is 1. The van der Waals surface area contributed by atoms with Gasteiger partial charge in [-0.05, 0) is 62.2 Å². The van der Waals surface area contributed by atoms with Crippen LogP contribution in [0.1, 0.15) is 49.2 Å². The molecule has 3 aromatic carbocycles. The number of alkyl halides is 3. The Morgan fingerprint density at radius 1 is 1.07 bits per heavy atom. The number of aromatic nitrogens is 2. The minimum atomic E-state index is -4.43. The van der Waals surface area contributed by atoms with Crippen LogP contribution >= 0.6 is 11.6 Å². The van der Waals surface area contributed by atoms with Crippen molar-refractivity contribution in [3.63, 3.8) is 0 Å². The standard InChI is InChI=1S/C32H31ClF3N3O3/c1-20(2)37-27(23-12-15-29(26(33)16-23)42-31(3,4)30(40)41)17-25-18-28(22-10-13-24(14-11-22)32(34,35)36)38-39(25)19-21-8-6-5-7-9-21/h5-16,18,27,37H,1,17,19H2,2-4H3,(H,40,41). The average molecular weight is 598 g/mol. The number of aliphatic carboxylic acids is 1. The van der Waals surface area contributed by atoms with Gasteiger partial charge in [-0.2, -0.15) is 18.3 Å². The maximum atomic E-state index is 13.1. The van der Waals surface area contributed by atoms with E-state index in [1.807, 2.05) is 48.0 Å². The summed E-state index contributed by atoms with van der Waals surface area (Å²) in [5.41, 5.74) is 2.25. The van der Waals surface area contributed by atoms with Gasteiger partial charge in [-0.1, -0.05) is 66.7 Å². The van der Waals surface area contributed by atoms with Gasteiger partial charge in [-0.3, -0.25) is 4.68 Å². The molecule has 42 heavy (non-hydrogen) atoms. The molecule has 4 rings (SSSR count). The fourth-order valence-electron chi connectivity index (χ4n) is 4.38. The van der Waals surface area contributed by atoms with Gasteiger partial charge >= 0.3 is 12.1 Å². The van der Waals surface area contributed by atoms with Crippen LogP contribution in [0.15, 0.2) is 91.1 Å². The number of carboxylic acid groups (broad SMARTS) is 1. The number of halogens is 4. The predicted molar refractivity (Wildman–Crippen MR) is 156 cm³/mol. The van der Waals surface area contributed by atoms with E-state index in [4.69, 9.17) is 21.4 Å². The van der Waals surface area contributed by atoms with Gasteiger partial charge in [0.15, 0.2) is 5.60 Å². The predicted octanol–water partition coefficient (Wildman–Crippen LogP) is 7.92. The molecular weight excluding hydrogens is 567 g/mol. The molecule has 0 aliphatic carbocycles. The zero-order valence-electron chi connectivity index (χ0n) is 23.4. The highest BCUT2D eigenvalue weighted by atomic mass is 35.5. The topological polar surface area (TPSA) is 76.4 Å². The summed E-state index contributed by atoms with van der Waals surface area (Å²) in [5, 5.41) is 17.8. The summed E-state index contributed by atoms with van der Waals surface area (Å²) in [6.07, 6.45) is -3.99. The number of carboxylic acids is 1. The lowest BCUT2D eigenvalue weighted by Gasteiger charge is -2.24. The lowest BCUT2D eigenvalue weighted by Crippen LogP contribution is -2.38. The summed E-state index contributed by atoms with van der Waals surface area (Å²) in [6, 6.07) is 21.4. The quantitative estimate of drug-likeness (QED) is 0.184. The monoisotopic (exact) mass is 597 g/mol. The summed E-state index contributed by atoms with van der Waals surface area (Å²) < 4.78 is 46.9. The highest BCUT2D eigenvalue weighted by Gasteiger charge is 2.31. The first kappa shape index (κ1) is 30.7. The molecule has 0 aliphatic heterocycles. The van der Waals surface area contributed by atoms with Crippen molar-refractivity contribution in [3.8, 4) is 17.0 Å².